The van der Waals surface area contributed by atoms with E-state index in [0.717, 1.165) is 11.1 Å². The summed E-state index contributed by atoms with van der Waals surface area (Å²) in [4.78, 5) is 12.3. The Morgan fingerprint density at radius 1 is 1.38 bits per heavy atom. The van der Waals surface area contributed by atoms with Crippen LogP contribution in [0.4, 0.5) is 0 Å². The van der Waals surface area contributed by atoms with Gasteiger partial charge in [-0.05, 0) is 31.9 Å². The Morgan fingerprint density at radius 2 is 1.88 bits per heavy atom. The van der Waals surface area contributed by atoms with Crippen molar-refractivity contribution in [2.24, 2.45) is 5.73 Å². The van der Waals surface area contributed by atoms with Gasteiger partial charge < -0.3 is 11.1 Å². The molecule has 0 spiro atoms. The smallest absolute Gasteiger partial charge is 0.252 e. The van der Waals surface area contributed by atoms with Crippen LogP contribution in [-0.4, -0.2) is 16.9 Å². The number of aryl methyl sites for hydroxylation is 2. The van der Waals surface area contributed by atoms with Gasteiger partial charge in [0.05, 0.1) is 11.0 Å². The number of benzene rings is 1. The Morgan fingerprint density at radius 3 is 2.31 bits per heavy atom. The Hall–Kier alpha value is -1.42. The second-order valence-electron chi connectivity index (χ2n) is 3.86. The van der Waals surface area contributed by atoms with E-state index in [9.17, 15) is 4.79 Å². The molecule has 0 saturated heterocycles. The van der Waals surface area contributed by atoms with E-state index in [1.807, 2.05) is 32.0 Å². The maximum atomic E-state index is 12.0. The fourth-order valence-corrected chi connectivity index (χ4v) is 1.57. The third kappa shape index (κ3) is 2.79. The van der Waals surface area contributed by atoms with Crippen molar-refractivity contribution in [3.8, 4) is 0 Å². The molecule has 0 aliphatic carbocycles. The summed E-state index contributed by atoms with van der Waals surface area (Å²) >= 11 is 4.82. The van der Waals surface area contributed by atoms with Crippen LogP contribution in [0.3, 0.4) is 0 Å². The predicted molar refractivity (Wildman–Crippen MR) is 69.6 cm³/mol. The molecule has 1 amide bonds. The summed E-state index contributed by atoms with van der Waals surface area (Å²) in [6.45, 7) is 5.59. The molecule has 0 radical (unpaired) electrons. The van der Waals surface area contributed by atoms with Gasteiger partial charge in [-0.1, -0.05) is 30.4 Å². The van der Waals surface area contributed by atoms with E-state index in [1.165, 1.54) is 0 Å². The summed E-state index contributed by atoms with van der Waals surface area (Å²) in [5, 5.41) is 2.77. The van der Waals surface area contributed by atoms with Gasteiger partial charge in [0, 0.05) is 5.56 Å². The van der Waals surface area contributed by atoms with Crippen LogP contribution in [0.2, 0.25) is 0 Å². The van der Waals surface area contributed by atoms with Crippen molar-refractivity contribution in [1.82, 2.24) is 5.32 Å². The Bertz CT molecular complexity index is 409. The van der Waals surface area contributed by atoms with Gasteiger partial charge in [-0.2, -0.15) is 0 Å². The molecule has 4 heteroatoms. The van der Waals surface area contributed by atoms with E-state index in [2.05, 4.69) is 5.32 Å². The highest BCUT2D eigenvalue weighted by atomic mass is 32.1. The first-order valence-corrected chi connectivity index (χ1v) is 5.50. The average Bonchev–Trinajstić information content (AvgIpc) is 2.16. The van der Waals surface area contributed by atoms with Crippen LogP contribution in [-0.2, 0) is 0 Å². The van der Waals surface area contributed by atoms with Crippen LogP contribution < -0.4 is 11.1 Å². The van der Waals surface area contributed by atoms with E-state index in [-0.39, 0.29) is 11.9 Å². The van der Waals surface area contributed by atoms with Crippen molar-refractivity contribution in [1.29, 1.82) is 0 Å². The van der Waals surface area contributed by atoms with Crippen LogP contribution in [0.15, 0.2) is 18.2 Å². The minimum absolute atomic E-state index is 0.129. The molecule has 0 fully saturated rings. The standard InChI is InChI=1S/C12H16N2OS/c1-7-5-4-6-8(2)10(7)12(15)14-9(3)11(13)16/h4-6,9H,1-3H3,(H2,13,16)(H,14,15). The minimum Gasteiger partial charge on any atom is -0.392 e. The molecule has 0 aliphatic heterocycles. The molecule has 1 rings (SSSR count). The van der Waals surface area contributed by atoms with Crippen LogP contribution in [0.25, 0.3) is 0 Å². The molecule has 86 valence electrons. The Labute approximate surface area is 101 Å². The van der Waals surface area contributed by atoms with E-state index < -0.39 is 0 Å². The first-order valence-electron chi connectivity index (χ1n) is 5.10. The summed E-state index contributed by atoms with van der Waals surface area (Å²) in [7, 11) is 0. The van der Waals surface area contributed by atoms with Crippen LogP contribution in [0.5, 0.6) is 0 Å². The lowest BCUT2D eigenvalue weighted by Crippen LogP contribution is -2.41. The van der Waals surface area contributed by atoms with Crippen molar-refractivity contribution >= 4 is 23.1 Å². The summed E-state index contributed by atoms with van der Waals surface area (Å²) in [6.07, 6.45) is 0. The monoisotopic (exact) mass is 236 g/mol. The molecule has 0 aliphatic rings. The Balaban J connectivity index is 2.93. The van der Waals surface area contributed by atoms with Gasteiger partial charge >= 0.3 is 0 Å². The second-order valence-corrected chi connectivity index (χ2v) is 4.34. The molecule has 1 unspecified atom stereocenters. The molecule has 0 aromatic heterocycles. The SMILES string of the molecule is Cc1cccc(C)c1C(=O)NC(C)C(N)=S. The number of rotatable bonds is 3. The molecular weight excluding hydrogens is 220 g/mol. The van der Waals surface area contributed by atoms with E-state index in [0.29, 0.717) is 10.6 Å². The molecule has 0 bridgehead atoms. The number of hydrogen-bond acceptors (Lipinski definition) is 2. The van der Waals surface area contributed by atoms with Crippen LogP contribution in [0, 0.1) is 13.8 Å². The number of carbonyl (C=O) groups is 1. The molecule has 0 heterocycles. The minimum atomic E-state index is -0.290. The summed E-state index contributed by atoms with van der Waals surface area (Å²) in [6, 6.07) is 5.46. The fourth-order valence-electron chi connectivity index (χ4n) is 1.51. The van der Waals surface area contributed by atoms with Gasteiger partial charge in [0.2, 0.25) is 0 Å². The van der Waals surface area contributed by atoms with Crippen molar-refractivity contribution in [2.75, 3.05) is 0 Å². The summed E-state index contributed by atoms with van der Waals surface area (Å²) in [5.41, 5.74) is 8.06. The first-order chi connectivity index (χ1) is 7.43. The van der Waals surface area contributed by atoms with Crippen molar-refractivity contribution < 1.29 is 4.79 Å². The van der Waals surface area contributed by atoms with Crippen molar-refractivity contribution in [2.45, 2.75) is 26.8 Å². The fraction of sp³-hybridized carbons (Fsp3) is 0.333. The topological polar surface area (TPSA) is 55.1 Å². The maximum absolute atomic E-state index is 12.0. The zero-order chi connectivity index (χ0) is 12.3. The lowest BCUT2D eigenvalue weighted by Gasteiger charge is -2.14. The highest BCUT2D eigenvalue weighted by molar-refractivity contribution is 7.80. The van der Waals surface area contributed by atoms with Gasteiger partial charge in [0.15, 0.2) is 0 Å². The third-order valence-corrected chi connectivity index (χ3v) is 2.84. The number of carbonyl (C=O) groups excluding carboxylic acids is 1. The molecule has 3 nitrogen and oxygen atoms in total. The lowest BCUT2D eigenvalue weighted by molar-refractivity contribution is 0.0948. The number of amides is 1. The van der Waals surface area contributed by atoms with Crippen molar-refractivity contribution in [3.05, 3.63) is 34.9 Å². The van der Waals surface area contributed by atoms with Gasteiger partial charge in [-0.3, -0.25) is 4.79 Å². The molecule has 3 N–H and O–H groups in total. The zero-order valence-corrected chi connectivity index (χ0v) is 10.5. The highest BCUT2D eigenvalue weighted by Gasteiger charge is 2.15. The molecule has 0 saturated carbocycles. The third-order valence-electron chi connectivity index (χ3n) is 2.48. The van der Waals surface area contributed by atoms with Crippen molar-refractivity contribution in [3.63, 3.8) is 0 Å². The molecule has 1 aromatic carbocycles. The normalized spacial score (nSPS) is 11.9. The van der Waals surface area contributed by atoms with E-state index in [4.69, 9.17) is 18.0 Å². The van der Waals surface area contributed by atoms with E-state index in [1.54, 1.807) is 6.92 Å². The number of nitrogens with one attached hydrogen (secondary N) is 1. The Kier molecular flexibility index (Phi) is 4.01. The largest absolute Gasteiger partial charge is 0.392 e. The van der Waals surface area contributed by atoms with Gasteiger partial charge in [0.1, 0.15) is 0 Å². The second kappa shape index (κ2) is 5.07. The first kappa shape index (κ1) is 12.6. The van der Waals surface area contributed by atoms with Gasteiger partial charge in [-0.15, -0.1) is 0 Å². The summed E-state index contributed by atoms with van der Waals surface area (Å²) in [5.74, 6) is -0.129. The molecule has 1 atom stereocenters. The van der Waals surface area contributed by atoms with Crippen LogP contribution >= 0.6 is 12.2 Å². The van der Waals surface area contributed by atoms with Gasteiger partial charge in [-0.25, -0.2) is 0 Å². The predicted octanol–water partition coefficient (Wildman–Crippen LogP) is 1.71. The molecule has 1 aromatic rings. The lowest BCUT2D eigenvalue weighted by atomic mass is 10.0. The van der Waals surface area contributed by atoms with Gasteiger partial charge in [0.25, 0.3) is 5.91 Å². The average molecular weight is 236 g/mol. The number of hydrogen-bond donors (Lipinski definition) is 2. The summed E-state index contributed by atoms with van der Waals surface area (Å²) < 4.78 is 0. The number of nitrogens with two attached hydrogens (primary N) is 1. The molecule has 16 heavy (non-hydrogen) atoms. The quantitative estimate of drug-likeness (QED) is 0.786. The zero-order valence-electron chi connectivity index (χ0n) is 9.70. The highest BCUT2D eigenvalue weighted by Crippen LogP contribution is 2.13. The molecular formula is C12H16N2OS. The number of thiocarbonyl (C=S) groups is 1. The van der Waals surface area contributed by atoms with Crippen LogP contribution in [0.1, 0.15) is 28.4 Å². The maximum Gasteiger partial charge on any atom is 0.252 e. The van der Waals surface area contributed by atoms with E-state index >= 15 is 0 Å².